The molecule has 1 aromatic carbocycles. The minimum Gasteiger partial charge on any atom is -0.493 e. The maximum atomic E-state index is 12.7. The first-order chi connectivity index (χ1) is 14.7. The molecule has 1 heterocycles. The number of allylic oxidation sites excluding steroid dienone is 2. The number of halogens is 1. The normalized spacial score (nSPS) is 16.7. The Morgan fingerprint density at radius 3 is 2.55 bits per heavy atom. The Balaban J connectivity index is 2.64. The smallest absolute Gasteiger partial charge is 0.346 e. The Morgan fingerprint density at radius 1 is 1.32 bits per heavy atom. The van der Waals surface area contributed by atoms with E-state index in [2.05, 4.69) is 20.7 Å². The lowest BCUT2D eigenvalue weighted by Crippen LogP contribution is -2.26. The van der Waals surface area contributed by atoms with E-state index in [0.717, 1.165) is 0 Å². The van der Waals surface area contributed by atoms with Gasteiger partial charge in [-0.25, -0.2) is 9.59 Å². The second kappa shape index (κ2) is 10.2. The molecule has 0 spiro atoms. The zero-order valence-corrected chi connectivity index (χ0v) is 19.4. The molecule has 31 heavy (non-hydrogen) atoms. The SMILES string of the molecule is CCOC(=O)C1=C(C)OC(N)=C(C#N)C1c1cc(OC)c(OC(C)C(=O)OC)cc1Br. The van der Waals surface area contributed by atoms with E-state index < -0.39 is 24.0 Å². The highest BCUT2D eigenvalue weighted by atomic mass is 79.9. The largest absolute Gasteiger partial charge is 0.493 e. The summed E-state index contributed by atoms with van der Waals surface area (Å²) in [4.78, 5) is 24.4. The van der Waals surface area contributed by atoms with Crippen LogP contribution in [0.2, 0.25) is 0 Å². The summed E-state index contributed by atoms with van der Waals surface area (Å²) in [5.41, 5.74) is 6.63. The van der Waals surface area contributed by atoms with E-state index >= 15 is 0 Å². The summed E-state index contributed by atoms with van der Waals surface area (Å²) in [5, 5.41) is 9.72. The summed E-state index contributed by atoms with van der Waals surface area (Å²) >= 11 is 3.46. The summed E-state index contributed by atoms with van der Waals surface area (Å²) in [7, 11) is 2.69. The van der Waals surface area contributed by atoms with Crippen molar-refractivity contribution in [2.75, 3.05) is 20.8 Å². The van der Waals surface area contributed by atoms with Crippen LogP contribution >= 0.6 is 15.9 Å². The molecule has 0 aromatic heterocycles. The van der Waals surface area contributed by atoms with E-state index in [4.69, 9.17) is 24.7 Å². The van der Waals surface area contributed by atoms with Crippen molar-refractivity contribution in [3.8, 4) is 17.6 Å². The van der Waals surface area contributed by atoms with Crippen LogP contribution in [0, 0.1) is 11.3 Å². The number of benzene rings is 1. The summed E-state index contributed by atoms with van der Waals surface area (Å²) in [5.74, 6) is -1.40. The maximum Gasteiger partial charge on any atom is 0.346 e. The highest BCUT2D eigenvalue weighted by molar-refractivity contribution is 9.10. The van der Waals surface area contributed by atoms with Gasteiger partial charge in [0.1, 0.15) is 17.4 Å². The van der Waals surface area contributed by atoms with Gasteiger partial charge >= 0.3 is 11.9 Å². The van der Waals surface area contributed by atoms with Crippen LogP contribution in [-0.4, -0.2) is 38.9 Å². The van der Waals surface area contributed by atoms with Crippen molar-refractivity contribution in [3.05, 3.63) is 45.0 Å². The standard InChI is InChI=1S/C21H23BrN2O7/c1-6-29-21(26)17-10(2)31-19(24)13(9-23)18(17)12-7-15(27-4)16(8-14(12)22)30-11(3)20(25)28-5/h7-8,11,18H,6,24H2,1-5H3. The second-order valence-corrected chi connectivity index (χ2v) is 7.28. The van der Waals surface area contributed by atoms with Gasteiger partial charge in [0.15, 0.2) is 17.6 Å². The molecule has 0 bridgehead atoms. The first-order valence-corrected chi connectivity index (χ1v) is 10.1. The second-order valence-electron chi connectivity index (χ2n) is 6.42. The van der Waals surface area contributed by atoms with Gasteiger partial charge in [0, 0.05) is 4.47 Å². The van der Waals surface area contributed by atoms with Crippen LogP contribution in [0.25, 0.3) is 0 Å². The van der Waals surface area contributed by atoms with Crippen LogP contribution in [0.1, 0.15) is 32.3 Å². The van der Waals surface area contributed by atoms with Crippen molar-refractivity contribution in [1.82, 2.24) is 0 Å². The van der Waals surface area contributed by atoms with Gasteiger partial charge in [0.05, 0.1) is 32.3 Å². The van der Waals surface area contributed by atoms with E-state index in [1.54, 1.807) is 26.0 Å². The van der Waals surface area contributed by atoms with Crippen molar-refractivity contribution in [3.63, 3.8) is 0 Å². The van der Waals surface area contributed by atoms with Crippen molar-refractivity contribution < 1.29 is 33.3 Å². The fourth-order valence-corrected chi connectivity index (χ4v) is 3.65. The first-order valence-electron chi connectivity index (χ1n) is 9.27. The molecular formula is C21H23BrN2O7. The lowest BCUT2D eigenvalue weighted by molar-refractivity contribution is -0.148. The minimum atomic E-state index is -0.887. The molecule has 1 aliphatic rings. The first kappa shape index (κ1) is 24.1. The van der Waals surface area contributed by atoms with Gasteiger partial charge in [-0.1, -0.05) is 15.9 Å². The summed E-state index contributed by atoms with van der Waals surface area (Å²) in [6, 6.07) is 5.19. The van der Waals surface area contributed by atoms with Crippen molar-refractivity contribution in [2.45, 2.75) is 32.8 Å². The molecular weight excluding hydrogens is 472 g/mol. The number of carbonyl (C=O) groups excluding carboxylic acids is 2. The predicted molar refractivity (Wildman–Crippen MR) is 113 cm³/mol. The van der Waals surface area contributed by atoms with Gasteiger partial charge in [-0.3, -0.25) is 0 Å². The van der Waals surface area contributed by atoms with Crippen LogP contribution in [0.15, 0.2) is 39.4 Å². The zero-order chi connectivity index (χ0) is 23.3. The van der Waals surface area contributed by atoms with E-state index in [1.807, 2.05) is 6.07 Å². The number of hydrogen-bond donors (Lipinski definition) is 1. The Morgan fingerprint density at radius 2 is 2.00 bits per heavy atom. The molecule has 1 aliphatic heterocycles. The third-order valence-electron chi connectivity index (χ3n) is 4.53. The molecule has 2 N–H and O–H groups in total. The minimum absolute atomic E-state index is 0.0491. The van der Waals surface area contributed by atoms with Gasteiger partial charge in [-0.15, -0.1) is 0 Å². The van der Waals surface area contributed by atoms with Crippen LogP contribution in [0.5, 0.6) is 11.5 Å². The number of hydrogen-bond acceptors (Lipinski definition) is 9. The average molecular weight is 495 g/mol. The summed E-state index contributed by atoms with van der Waals surface area (Å²) in [6.07, 6.45) is -0.887. The predicted octanol–water partition coefficient (Wildman–Crippen LogP) is 3.04. The average Bonchev–Trinajstić information content (AvgIpc) is 2.72. The molecule has 2 unspecified atom stereocenters. The fraction of sp³-hybridized carbons (Fsp3) is 0.381. The van der Waals surface area contributed by atoms with Gasteiger partial charge in [0.25, 0.3) is 0 Å². The molecule has 0 saturated carbocycles. The molecule has 2 rings (SSSR count). The van der Waals surface area contributed by atoms with Crippen LogP contribution < -0.4 is 15.2 Å². The van der Waals surface area contributed by atoms with Crippen LogP contribution in [0.4, 0.5) is 0 Å². The van der Waals surface area contributed by atoms with E-state index in [-0.39, 0.29) is 40.9 Å². The molecule has 0 fully saturated rings. The Labute approximate surface area is 188 Å². The number of methoxy groups -OCH3 is 2. The number of nitriles is 1. The number of ether oxygens (including phenoxy) is 5. The molecule has 0 radical (unpaired) electrons. The fourth-order valence-electron chi connectivity index (χ4n) is 3.09. The van der Waals surface area contributed by atoms with Gasteiger partial charge in [-0.05, 0) is 38.5 Å². The molecule has 1 aromatic rings. The molecule has 0 aliphatic carbocycles. The number of rotatable bonds is 7. The maximum absolute atomic E-state index is 12.7. The van der Waals surface area contributed by atoms with E-state index in [9.17, 15) is 14.9 Å². The Kier molecular flexibility index (Phi) is 7.94. The lowest BCUT2D eigenvalue weighted by Gasteiger charge is -2.28. The van der Waals surface area contributed by atoms with Crippen molar-refractivity contribution in [2.24, 2.45) is 5.73 Å². The molecule has 10 heteroatoms. The molecule has 166 valence electrons. The highest BCUT2D eigenvalue weighted by Gasteiger charge is 2.38. The molecule has 2 atom stereocenters. The molecule has 0 saturated heterocycles. The highest BCUT2D eigenvalue weighted by Crippen LogP contribution is 2.45. The number of nitrogens with two attached hydrogens (primary N) is 1. The van der Waals surface area contributed by atoms with Gasteiger partial charge in [0.2, 0.25) is 5.88 Å². The topological polar surface area (TPSA) is 130 Å². The lowest BCUT2D eigenvalue weighted by atomic mass is 9.83. The van der Waals surface area contributed by atoms with E-state index in [1.165, 1.54) is 21.1 Å². The summed E-state index contributed by atoms with van der Waals surface area (Å²) < 4.78 is 26.8. The zero-order valence-electron chi connectivity index (χ0n) is 17.8. The van der Waals surface area contributed by atoms with Crippen LogP contribution in [-0.2, 0) is 23.8 Å². The van der Waals surface area contributed by atoms with Crippen molar-refractivity contribution >= 4 is 27.9 Å². The molecule has 9 nitrogen and oxygen atoms in total. The number of esters is 2. The van der Waals surface area contributed by atoms with Gasteiger partial charge < -0.3 is 29.4 Å². The Hall–Kier alpha value is -3.19. The third-order valence-corrected chi connectivity index (χ3v) is 5.22. The quantitative estimate of drug-likeness (QED) is 0.567. The number of nitrogens with zero attached hydrogens (tertiary/aromatic N) is 1. The number of carbonyl (C=O) groups is 2. The van der Waals surface area contributed by atoms with E-state index in [0.29, 0.717) is 10.0 Å². The third kappa shape index (κ3) is 4.94. The monoisotopic (exact) mass is 494 g/mol. The van der Waals surface area contributed by atoms with Crippen LogP contribution in [0.3, 0.4) is 0 Å². The Bertz CT molecular complexity index is 994. The summed E-state index contributed by atoms with van der Waals surface area (Å²) in [6.45, 7) is 4.93. The molecule has 0 amide bonds. The van der Waals surface area contributed by atoms with Gasteiger partial charge in [-0.2, -0.15) is 5.26 Å². The van der Waals surface area contributed by atoms with Crippen molar-refractivity contribution in [1.29, 1.82) is 5.26 Å².